The maximum absolute atomic E-state index is 13.4. The molecule has 1 aliphatic rings. The number of aromatic nitrogens is 1. The molecule has 0 aliphatic carbocycles. The molecule has 0 radical (unpaired) electrons. The van der Waals surface area contributed by atoms with Crippen LogP contribution in [0.25, 0.3) is 10.9 Å². The monoisotopic (exact) mass is 512 g/mol. The number of benzene rings is 2. The average Bonchev–Trinajstić information content (AvgIpc) is 2.90. The fraction of sp³-hybridized carbons (Fsp3) is 0.414. The van der Waals surface area contributed by atoms with Gasteiger partial charge in [-0.1, -0.05) is 11.8 Å². The van der Waals surface area contributed by atoms with Crippen LogP contribution in [0.3, 0.4) is 0 Å². The van der Waals surface area contributed by atoms with Crippen LogP contribution >= 0.6 is 0 Å². The Morgan fingerprint density at radius 2 is 1.84 bits per heavy atom. The number of hydrogen-bond donors (Lipinski definition) is 2. The van der Waals surface area contributed by atoms with Gasteiger partial charge >= 0.3 is 0 Å². The third-order valence-corrected chi connectivity index (χ3v) is 7.37. The molecule has 196 valence electrons. The molecular formula is C29H31F3N2O3. The lowest BCUT2D eigenvalue weighted by Gasteiger charge is -2.40. The summed E-state index contributed by atoms with van der Waals surface area (Å²) in [7, 11) is 1.60. The van der Waals surface area contributed by atoms with E-state index in [2.05, 4.69) is 21.7 Å². The van der Waals surface area contributed by atoms with E-state index in [1.807, 2.05) is 25.1 Å². The van der Waals surface area contributed by atoms with Crippen molar-refractivity contribution in [2.75, 3.05) is 33.4 Å². The van der Waals surface area contributed by atoms with Gasteiger partial charge in [0.05, 0.1) is 25.3 Å². The highest BCUT2D eigenvalue weighted by Gasteiger charge is 2.34. The lowest BCUT2D eigenvalue weighted by Crippen LogP contribution is -2.42. The number of nitrogens with zero attached hydrogens (tertiary/aromatic N) is 2. The van der Waals surface area contributed by atoms with E-state index in [1.165, 1.54) is 0 Å². The van der Waals surface area contributed by atoms with E-state index >= 15 is 0 Å². The molecule has 2 aromatic carbocycles. The van der Waals surface area contributed by atoms with Crippen molar-refractivity contribution in [2.45, 2.75) is 38.7 Å². The van der Waals surface area contributed by atoms with Gasteiger partial charge < -0.3 is 14.9 Å². The van der Waals surface area contributed by atoms with Gasteiger partial charge in [-0.05, 0) is 92.6 Å². The molecule has 0 spiro atoms. The van der Waals surface area contributed by atoms with Crippen molar-refractivity contribution in [3.63, 3.8) is 0 Å². The van der Waals surface area contributed by atoms with Gasteiger partial charge in [0, 0.05) is 23.8 Å². The number of pyridine rings is 1. The molecule has 5 nitrogen and oxygen atoms in total. The van der Waals surface area contributed by atoms with Gasteiger partial charge in [-0.15, -0.1) is 0 Å². The first-order chi connectivity index (χ1) is 17.7. The molecule has 3 aromatic rings. The van der Waals surface area contributed by atoms with Crippen molar-refractivity contribution in [1.29, 1.82) is 0 Å². The maximum atomic E-state index is 13.4. The van der Waals surface area contributed by atoms with Crippen LogP contribution in [0.4, 0.5) is 13.2 Å². The van der Waals surface area contributed by atoms with Crippen LogP contribution in [-0.2, 0) is 0 Å². The molecule has 2 heterocycles. The van der Waals surface area contributed by atoms with Crippen molar-refractivity contribution in [1.82, 2.24) is 9.88 Å². The van der Waals surface area contributed by atoms with Crippen LogP contribution in [0.15, 0.2) is 36.5 Å². The van der Waals surface area contributed by atoms with E-state index < -0.39 is 23.6 Å². The molecule has 0 amide bonds. The predicted octanol–water partition coefficient (Wildman–Crippen LogP) is 4.91. The molecule has 1 atom stereocenters. The van der Waals surface area contributed by atoms with E-state index in [4.69, 9.17) is 4.74 Å². The summed E-state index contributed by atoms with van der Waals surface area (Å²) in [5.74, 6) is 2.27. The molecule has 37 heavy (non-hydrogen) atoms. The number of piperidine rings is 1. The Balaban J connectivity index is 1.37. The summed E-state index contributed by atoms with van der Waals surface area (Å²) in [5, 5.41) is 22.3. The van der Waals surface area contributed by atoms with E-state index in [-0.39, 0.29) is 17.6 Å². The Morgan fingerprint density at radius 3 is 2.49 bits per heavy atom. The Hall–Kier alpha value is -3.12. The summed E-state index contributed by atoms with van der Waals surface area (Å²) < 4.78 is 45.2. The smallest absolute Gasteiger partial charge is 0.194 e. The summed E-state index contributed by atoms with van der Waals surface area (Å²) >= 11 is 0. The zero-order valence-electron chi connectivity index (χ0n) is 21.0. The van der Waals surface area contributed by atoms with Gasteiger partial charge in [0.1, 0.15) is 5.75 Å². The van der Waals surface area contributed by atoms with Crippen molar-refractivity contribution in [3.8, 4) is 17.6 Å². The second kappa shape index (κ2) is 11.5. The van der Waals surface area contributed by atoms with Gasteiger partial charge in [-0.2, -0.15) is 0 Å². The topological polar surface area (TPSA) is 65.8 Å². The second-order valence-electron chi connectivity index (χ2n) is 9.78. The summed E-state index contributed by atoms with van der Waals surface area (Å²) in [5.41, 5.74) is 2.31. The minimum atomic E-state index is -1.50. The van der Waals surface area contributed by atoms with Gasteiger partial charge in [0.2, 0.25) is 0 Å². The van der Waals surface area contributed by atoms with E-state index in [0.717, 1.165) is 47.0 Å². The molecule has 1 aromatic heterocycles. The lowest BCUT2D eigenvalue weighted by molar-refractivity contribution is 0.0273. The quantitative estimate of drug-likeness (QED) is 0.348. The Bertz CT molecular complexity index is 1300. The molecule has 4 rings (SSSR count). The first-order valence-electron chi connectivity index (χ1n) is 12.3. The van der Waals surface area contributed by atoms with Crippen molar-refractivity contribution < 1.29 is 28.1 Å². The zero-order chi connectivity index (χ0) is 26.6. The molecule has 1 saturated heterocycles. The molecule has 1 aliphatic heterocycles. The molecule has 0 bridgehead atoms. The Labute approximate surface area is 214 Å². The number of fused-ring (bicyclic) bond motifs is 1. The number of methoxy groups -OCH3 is 1. The van der Waals surface area contributed by atoms with Crippen LogP contribution in [0.1, 0.15) is 48.5 Å². The average molecular weight is 513 g/mol. The standard InChI is InChI=1S/C29H31F3N2O3/c1-19-17-33-25-6-5-21(37-2)16-22(25)27(19)26(36)7-8-29(18-35)9-12-34(13-10-29)11-3-4-20-14-23(30)28(32)24(31)15-20/h5-6,14-17,26,35-36H,7-13,18H2,1-2H3/t26-/m0/s1. The molecule has 1 fully saturated rings. The first kappa shape index (κ1) is 26.9. The fourth-order valence-corrected chi connectivity index (χ4v) is 5.00. The molecule has 8 heteroatoms. The number of halogens is 3. The molecule has 0 saturated carbocycles. The number of rotatable bonds is 7. The number of aliphatic hydroxyl groups is 2. The van der Waals surface area contributed by atoms with Gasteiger partial charge in [0.15, 0.2) is 17.5 Å². The third kappa shape index (κ3) is 6.07. The minimum Gasteiger partial charge on any atom is -0.497 e. The summed E-state index contributed by atoms with van der Waals surface area (Å²) in [6, 6.07) is 7.38. The molecule has 2 N–H and O–H groups in total. The van der Waals surface area contributed by atoms with E-state index in [1.54, 1.807) is 13.3 Å². The van der Waals surface area contributed by atoms with Crippen LogP contribution in [-0.4, -0.2) is 53.4 Å². The SMILES string of the molecule is COc1ccc2ncc(C)c([C@@H](O)CCC3(CO)CCN(CC#Cc4cc(F)c(F)c(F)c4)CC3)c2c1. The largest absolute Gasteiger partial charge is 0.497 e. The van der Waals surface area contributed by atoms with Crippen LogP contribution in [0, 0.1) is 41.6 Å². The first-order valence-corrected chi connectivity index (χ1v) is 12.3. The number of ether oxygens (including phenoxy) is 1. The fourth-order valence-electron chi connectivity index (χ4n) is 5.00. The second-order valence-corrected chi connectivity index (χ2v) is 9.78. The predicted molar refractivity (Wildman–Crippen MR) is 136 cm³/mol. The highest BCUT2D eigenvalue weighted by atomic mass is 19.2. The van der Waals surface area contributed by atoms with Crippen molar-refractivity contribution in [3.05, 3.63) is 70.7 Å². The number of likely N-dealkylation sites (tertiary alicyclic amines) is 1. The van der Waals surface area contributed by atoms with Gasteiger partial charge in [-0.3, -0.25) is 9.88 Å². The van der Waals surface area contributed by atoms with Gasteiger partial charge in [-0.25, -0.2) is 13.2 Å². The number of aliphatic hydroxyl groups excluding tert-OH is 2. The lowest BCUT2D eigenvalue weighted by atomic mass is 9.74. The summed E-state index contributed by atoms with van der Waals surface area (Å²) in [4.78, 5) is 6.58. The Morgan fingerprint density at radius 1 is 1.14 bits per heavy atom. The highest BCUT2D eigenvalue weighted by molar-refractivity contribution is 5.84. The maximum Gasteiger partial charge on any atom is 0.194 e. The highest BCUT2D eigenvalue weighted by Crippen LogP contribution is 2.39. The number of hydrogen-bond acceptors (Lipinski definition) is 5. The summed E-state index contributed by atoms with van der Waals surface area (Å²) in [6.45, 7) is 3.75. The van der Waals surface area contributed by atoms with Crippen LogP contribution in [0.2, 0.25) is 0 Å². The summed E-state index contributed by atoms with van der Waals surface area (Å²) in [6.07, 6.45) is 3.69. The van der Waals surface area contributed by atoms with E-state index in [0.29, 0.717) is 38.2 Å². The molecule has 0 unspecified atom stereocenters. The van der Waals surface area contributed by atoms with Crippen molar-refractivity contribution in [2.24, 2.45) is 5.41 Å². The number of aryl methyl sites for hydroxylation is 1. The van der Waals surface area contributed by atoms with Gasteiger partial charge in [0.25, 0.3) is 0 Å². The zero-order valence-corrected chi connectivity index (χ0v) is 21.0. The van der Waals surface area contributed by atoms with Crippen LogP contribution < -0.4 is 4.74 Å². The van der Waals surface area contributed by atoms with Crippen molar-refractivity contribution >= 4 is 10.9 Å². The minimum absolute atomic E-state index is 0.0251. The molecular weight excluding hydrogens is 481 g/mol. The van der Waals surface area contributed by atoms with Crippen LogP contribution in [0.5, 0.6) is 5.75 Å². The normalized spacial score (nSPS) is 16.3. The Kier molecular flexibility index (Phi) is 8.38. The van der Waals surface area contributed by atoms with E-state index in [9.17, 15) is 23.4 Å². The third-order valence-electron chi connectivity index (χ3n) is 7.37.